The van der Waals surface area contributed by atoms with E-state index in [9.17, 15) is 4.39 Å². The summed E-state index contributed by atoms with van der Waals surface area (Å²) in [5, 5.41) is 4.43. The summed E-state index contributed by atoms with van der Waals surface area (Å²) in [4.78, 5) is 4.89. The smallest absolute Gasteiger partial charge is 0.145 e. The van der Waals surface area contributed by atoms with Crippen LogP contribution in [0.4, 0.5) is 4.39 Å². The summed E-state index contributed by atoms with van der Waals surface area (Å²) in [6.45, 7) is -0.604. The van der Waals surface area contributed by atoms with Crippen LogP contribution in [0.5, 0.6) is 11.5 Å². The van der Waals surface area contributed by atoms with E-state index in [2.05, 4.69) is 21.1 Å². The minimum atomic E-state index is -0.559. The van der Waals surface area contributed by atoms with Gasteiger partial charge in [-0.15, -0.1) is 0 Å². The van der Waals surface area contributed by atoms with Crippen molar-refractivity contribution in [1.82, 2.24) is 0 Å². The minimum absolute atomic E-state index is 0.0449. The topological polar surface area (TPSA) is 30.8 Å². The van der Waals surface area contributed by atoms with Crippen molar-refractivity contribution >= 4 is 21.6 Å². The standard InChI is InChI=1S/C16H15BrFNO2/c17-12-16(19-20-10-9-18)13-5-4-8-15(11-13)21-14-6-2-1-3-7-14/h1-8,11H,9-10,12H2/b19-16+. The molecule has 0 aliphatic rings. The van der Waals surface area contributed by atoms with Crippen molar-refractivity contribution in [2.45, 2.75) is 0 Å². The molecular formula is C16H15BrFNO2. The van der Waals surface area contributed by atoms with Crippen LogP contribution in [-0.2, 0) is 4.84 Å². The number of benzene rings is 2. The largest absolute Gasteiger partial charge is 0.457 e. The Balaban J connectivity index is 2.14. The van der Waals surface area contributed by atoms with Crippen molar-refractivity contribution in [1.29, 1.82) is 0 Å². The number of rotatable bonds is 7. The Morgan fingerprint density at radius 3 is 2.52 bits per heavy atom. The van der Waals surface area contributed by atoms with E-state index in [1.54, 1.807) is 0 Å². The predicted octanol–water partition coefficient (Wildman–Crippen LogP) is 4.56. The molecule has 5 heteroatoms. The molecule has 0 saturated heterocycles. The van der Waals surface area contributed by atoms with Gasteiger partial charge in [0.05, 0.1) is 5.71 Å². The maximum absolute atomic E-state index is 12.0. The first-order chi connectivity index (χ1) is 10.3. The lowest BCUT2D eigenvalue weighted by Gasteiger charge is -2.08. The Morgan fingerprint density at radius 1 is 1.05 bits per heavy atom. The Hall–Kier alpha value is -1.88. The van der Waals surface area contributed by atoms with Gasteiger partial charge in [0.1, 0.15) is 24.8 Å². The second kappa shape index (κ2) is 8.42. The number of nitrogens with zero attached hydrogens (tertiary/aromatic N) is 1. The molecule has 2 rings (SSSR count). The Kier molecular flexibility index (Phi) is 6.22. The second-order valence-electron chi connectivity index (χ2n) is 4.14. The highest BCUT2D eigenvalue weighted by Gasteiger charge is 2.05. The van der Waals surface area contributed by atoms with Crippen LogP contribution in [0.1, 0.15) is 5.56 Å². The Morgan fingerprint density at radius 2 is 1.81 bits per heavy atom. The fourth-order valence-corrected chi connectivity index (χ4v) is 2.10. The van der Waals surface area contributed by atoms with E-state index in [1.807, 2.05) is 54.6 Å². The van der Waals surface area contributed by atoms with E-state index in [4.69, 9.17) is 9.57 Å². The maximum Gasteiger partial charge on any atom is 0.145 e. The number of ether oxygens (including phenoxy) is 1. The lowest BCUT2D eigenvalue weighted by atomic mass is 10.1. The number of hydrogen-bond donors (Lipinski definition) is 0. The third kappa shape index (κ3) is 4.86. The fraction of sp³-hybridized carbons (Fsp3) is 0.188. The molecule has 2 aromatic carbocycles. The van der Waals surface area contributed by atoms with Gasteiger partial charge in [-0.25, -0.2) is 4.39 Å². The highest BCUT2D eigenvalue weighted by molar-refractivity contribution is 9.09. The van der Waals surface area contributed by atoms with Crippen LogP contribution in [-0.4, -0.2) is 24.3 Å². The van der Waals surface area contributed by atoms with Crippen LogP contribution in [0.2, 0.25) is 0 Å². The zero-order valence-electron chi connectivity index (χ0n) is 11.3. The van der Waals surface area contributed by atoms with Crippen molar-refractivity contribution in [2.75, 3.05) is 18.6 Å². The molecule has 0 saturated carbocycles. The lowest BCUT2D eigenvalue weighted by Crippen LogP contribution is -2.04. The summed E-state index contributed by atoms with van der Waals surface area (Å²) in [5.74, 6) is 1.47. The molecule has 0 aliphatic carbocycles. The SMILES string of the molecule is FCCO/N=C(\CBr)c1cccc(Oc2ccccc2)c1. The van der Waals surface area contributed by atoms with E-state index in [0.717, 1.165) is 11.3 Å². The Bertz CT molecular complexity index is 590. The molecule has 0 aromatic heterocycles. The molecule has 21 heavy (non-hydrogen) atoms. The lowest BCUT2D eigenvalue weighted by molar-refractivity contribution is 0.128. The van der Waals surface area contributed by atoms with Crippen LogP contribution < -0.4 is 4.74 Å². The van der Waals surface area contributed by atoms with E-state index in [-0.39, 0.29) is 6.61 Å². The molecule has 0 heterocycles. The molecule has 0 aliphatic heterocycles. The molecule has 0 fully saturated rings. The zero-order chi connectivity index (χ0) is 14.9. The van der Waals surface area contributed by atoms with Crippen molar-refractivity contribution in [3.8, 4) is 11.5 Å². The predicted molar refractivity (Wildman–Crippen MR) is 85.2 cm³/mol. The van der Waals surface area contributed by atoms with Crippen molar-refractivity contribution in [3.63, 3.8) is 0 Å². The molecule has 0 radical (unpaired) electrons. The first kappa shape index (κ1) is 15.5. The van der Waals surface area contributed by atoms with E-state index >= 15 is 0 Å². The number of oxime groups is 1. The molecule has 0 unspecified atom stereocenters. The molecule has 0 N–H and O–H groups in total. The van der Waals surface area contributed by atoms with Gasteiger partial charge in [-0.1, -0.05) is 51.4 Å². The van der Waals surface area contributed by atoms with Crippen LogP contribution >= 0.6 is 15.9 Å². The summed E-state index contributed by atoms with van der Waals surface area (Å²) in [7, 11) is 0. The van der Waals surface area contributed by atoms with Crippen LogP contribution in [0.15, 0.2) is 59.8 Å². The summed E-state index contributed by atoms with van der Waals surface area (Å²) >= 11 is 3.35. The zero-order valence-corrected chi connectivity index (χ0v) is 12.9. The van der Waals surface area contributed by atoms with Gasteiger partial charge in [-0.3, -0.25) is 0 Å². The number of hydrogen-bond acceptors (Lipinski definition) is 3. The minimum Gasteiger partial charge on any atom is -0.457 e. The van der Waals surface area contributed by atoms with Gasteiger partial charge in [-0.05, 0) is 24.3 Å². The van der Waals surface area contributed by atoms with Gasteiger partial charge < -0.3 is 9.57 Å². The molecule has 0 bridgehead atoms. The van der Waals surface area contributed by atoms with Gasteiger partial charge in [-0.2, -0.15) is 0 Å². The van der Waals surface area contributed by atoms with E-state index < -0.39 is 6.67 Å². The average Bonchev–Trinajstić information content (AvgIpc) is 2.53. The van der Waals surface area contributed by atoms with Crippen molar-refractivity contribution in [3.05, 3.63) is 60.2 Å². The van der Waals surface area contributed by atoms with Gasteiger partial charge in [0, 0.05) is 10.9 Å². The first-order valence-electron chi connectivity index (χ1n) is 6.47. The van der Waals surface area contributed by atoms with Gasteiger partial charge in [0.25, 0.3) is 0 Å². The van der Waals surface area contributed by atoms with Gasteiger partial charge in [0.15, 0.2) is 0 Å². The van der Waals surface area contributed by atoms with Crippen molar-refractivity contribution in [2.24, 2.45) is 5.16 Å². The molecular weight excluding hydrogens is 337 g/mol. The second-order valence-corrected chi connectivity index (χ2v) is 4.70. The van der Waals surface area contributed by atoms with Gasteiger partial charge >= 0.3 is 0 Å². The third-order valence-electron chi connectivity index (χ3n) is 2.62. The van der Waals surface area contributed by atoms with E-state index in [0.29, 0.717) is 16.8 Å². The average molecular weight is 352 g/mol. The number of halogens is 2. The monoisotopic (exact) mass is 351 g/mol. The quantitative estimate of drug-likeness (QED) is 0.316. The summed E-state index contributed by atoms with van der Waals surface area (Å²) in [5.41, 5.74) is 1.54. The summed E-state index contributed by atoms with van der Waals surface area (Å²) in [6.07, 6.45) is 0. The molecule has 2 aromatic rings. The van der Waals surface area contributed by atoms with E-state index in [1.165, 1.54) is 0 Å². The normalized spacial score (nSPS) is 11.2. The van der Waals surface area contributed by atoms with Crippen molar-refractivity contribution < 1.29 is 14.0 Å². The number of para-hydroxylation sites is 1. The van der Waals surface area contributed by atoms with Crippen LogP contribution in [0.3, 0.4) is 0 Å². The molecule has 0 amide bonds. The Labute approximate surface area is 131 Å². The highest BCUT2D eigenvalue weighted by atomic mass is 79.9. The van der Waals surface area contributed by atoms with Crippen LogP contribution in [0.25, 0.3) is 0 Å². The van der Waals surface area contributed by atoms with Gasteiger partial charge in [0.2, 0.25) is 0 Å². The summed E-state index contributed by atoms with van der Waals surface area (Å²) in [6, 6.07) is 17.0. The molecule has 110 valence electrons. The molecule has 3 nitrogen and oxygen atoms in total. The first-order valence-corrected chi connectivity index (χ1v) is 7.59. The maximum atomic E-state index is 12.0. The third-order valence-corrected chi connectivity index (χ3v) is 3.15. The molecule has 0 spiro atoms. The van der Waals surface area contributed by atoms with Crippen LogP contribution in [0, 0.1) is 0 Å². The summed E-state index contributed by atoms with van der Waals surface area (Å²) < 4.78 is 17.8. The molecule has 0 atom stereocenters. The fourth-order valence-electron chi connectivity index (χ4n) is 1.68. The highest BCUT2D eigenvalue weighted by Crippen LogP contribution is 2.22. The number of alkyl halides is 2.